The Kier molecular flexibility index (Phi) is 2.67. The lowest BCUT2D eigenvalue weighted by Gasteiger charge is -2.04. The third kappa shape index (κ3) is 2.03. The molecule has 0 saturated heterocycles. The summed E-state index contributed by atoms with van der Waals surface area (Å²) in [5.74, 6) is -0.863. The lowest BCUT2D eigenvalue weighted by atomic mass is 10.2. The number of hydrogen-bond donors (Lipinski definition) is 1. The molecule has 3 aromatic rings. The summed E-state index contributed by atoms with van der Waals surface area (Å²) in [4.78, 5) is 14.4. The summed E-state index contributed by atoms with van der Waals surface area (Å²) in [5, 5.41) is 0. The van der Waals surface area contributed by atoms with Crippen LogP contribution in [-0.2, 0) is 6.54 Å². The van der Waals surface area contributed by atoms with E-state index in [0.717, 1.165) is 0 Å². The second-order valence-corrected chi connectivity index (χ2v) is 4.28. The molecule has 19 heavy (non-hydrogen) atoms. The van der Waals surface area contributed by atoms with E-state index in [0.29, 0.717) is 11.1 Å². The van der Waals surface area contributed by atoms with Gasteiger partial charge in [0.15, 0.2) is 0 Å². The molecule has 0 bridgehead atoms. The van der Waals surface area contributed by atoms with Gasteiger partial charge in [-0.15, -0.1) is 0 Å². The van der Waals surface area contributed by atoms with Crippen LogP contribution >= 0.6 is 0 Å². The van der Waals surface area contributed by atoms with Gasteiger partial charge in [-0.3, -0.25) is 4.57 Å². The third-order valence-corrected chi connectivity index (χ3v) is 2.97. The van der Waals surface area contributed by atoms with Crippen molar-refractivity contribution in [2.24, 2.45) is 0 Å². The largest absolute Gasteiger partial charge is 0.326 e. The van der Waals surface area contributed by atoms with Gasteiger partial charge in [0.1, 0.15) is 17.2 Å². The predicted molar refractivity (Wildman–Crippen MR) is 68.0 cm³/mol. The number of halogens is 2. The van der Waals surface area contributed by atoms with Crippen LogP contribution in [0, 0.1) is 11.6 Å². The summed E-state index contributed by atoms with van der Waals surface area (Å²) in [6.07, 6.45) is 0. The fourth-order valence-electron chi connectivity index (χ4n) is 2.14. The molecule has 0 saturated carbocycles. The number of hydrogen-bond acceptors (Lipinski definition) is 1. The van der Waals surface area contributed by atoms with Crippen molar-refractivity contribution in [3.05, 3.63) is 70.1 Å². The van der Waals surface area contributed by atoms with Crippen molar-refractivity contribution in [1.82, 2.24) is 9.55 Å². The van der Waals surface area contributed by atoms with Crippen LogP contribution in [-0.4, -0.2) is 9.55 Å². The Morgan fingerprint density at radius 3 is 2.68 bits per heavy atom. The molecule has 0 amide bonds. The van der Waals surface area contributed by atoms with Crippen molar-refractivity contribution in [2.75, 3.05) is 0 Å². The zero-order valence-corrected chi connectivity index (χ0v) is 9.86. The van der Waals surface area contributed by atoms with E-state index >= 15 is 0 Å². The standard InChI is InChI=1S/C14H10F2N2O/c15-10-4-1-3-9(7-10)8-18-13-11(16)5-2-6-12(13)17-14(18)19/h1-7H,8H2,(H,17,19). The molecule has 2 aromatic carbocycles. The van der Waals surface area contributed by atoms with Gasteiger partial charge in [-0.1, -0.05) is 18.2 Å². The Morgan fingerprint density at radius 2 is 1.89 bits per heavy atom. The van der Waals surface area contributed by atoms with Gasteiger partial charge in [0.05, 0.1) is 12.1 Å². The van der Waals surface area contributed by atoms with E-state index < -0.39 is 11.5 Å². The third-order valence-electron chi connectivity index (χ3n) is 2.97. The topological polar surface area (TPSA) is 37.8 Å². The molecule has 0 spiro atoms. The molecule has 0 aliphatic carbocycles. The summed E-state index contributed by atoms with van der Waals surface area (Å²) in [6, 6.07) is 10.3. The van der Waals surface area contributed by atoms with Gasteiger partial charge in [0.2, 0.25) is 0 Å². The second-order valence-electron chi connectivity index (χ2n) is 4.28. The number of nitrogens with one attached hydrogen (secondary N) is 1. The van der Waals surface area contributed by atoms with Crippen molar-refractivity contribution in [1.29, 1.82) is 0 Å². The first-order chi connectivity index (χ1) is 9.15. The van der Waals surface area contributed by atoms with E-state index in [1.807, 2.05) is 0 Å². The van der Waals surface area contributed by atoms with Gasteiger partial charge >= 0.3 is 5.69 Å². The number of aromatic nitrogens is 2. The van der Waals surface area contributed by atoms with Crippen LogP contribution in [0.25, 0.3) is 11.0 Å². The molecule has 0 aliphatic heterocycles. The molecule has 1 aromatic heterocycles. The van der Waals surface area contributed by atoms with Crippen LogP contribution < -0.4 is 5.69 Å². The zero-order chi connectivity index (χ0) is 13.4. The number of nitrogens with zero attached hydrogens (tertiary/aromatic N) is 1. The molecular formula is C14H10F2N2O. The molecule has 5 heteroatoms. The highest BCUT2D eigenvalue weighted by Gasteiger charge is 2.11. The molecule has 3 rings (SSSR count). The van der Waals surface area contributed by atoms with E-state index in [-0.39, 0.29) is 17.9 Å². The lowest BCUT2D eigenvalue weighted by Crippen LogP contribution is -2.17. The highest BCUT2D eigenvalue weighted by Crippen LogP contribution is 2.15. The maximum atomic E-state index is 13.8. The highest BCUT2D eigenvalue weighted by molar-refractivity contribution is 5.75. The molecule has 1 heterocycles. The number of aromatic amines is 1. The minimum Gasteiger partial charge on any atom is -0.305 e. The molecule has 0 aliphatic rings. The Morgan fingerprint density at radius 1 is 1.11 bits per heavy atom. The SMILES string of the molecule is O=c1[nH]c2cccc(F)c2n1Cc1cccc(F)c1. The molecular weight excluding hydrogens is 250 g/mol. The Bertz CT molecular complexity index is 805. The first kappa shape index (κ1) is 11.6. The van der Waals surface area contributed by atoms with Crippen LogP contribution in [0.4, 0.5) is 8.78 Å². The maximum absolute atomic E-state index is 13.8. The van der Waals surface area contributed by atoms with Gasteiger partial charge in [0.25, 0.3) is 0 Å². The monoisotopic (exact) mass is 260 g/mol. The lowest BCUT2D eigenvalue weighted by molar-refractivity contribution is 0.618. The molecule has 96 valence electrons. The highest BCUT2D eigenvalue weighted by atomic mass is 19.1. The van der Waals surface area contributed by atoms with E-state index in [9.17, 15) is 13.6 Å². The molecule has 0 fully saturated rings. The number of rotatable bonds is 2. The maximum Gasteiger partial charge on any atom is 0.326 e. The average molecular weight is 260 g/mol. The van der Waals surface area contributed by atoms with E-state index in [2.05, 4.69) is 4.98 Å². The van der Waals surface area contributed by atoms with Gasteiger partial charge in [0, 0.05) is 0 Å². The van der Waals surface area contributed by atoms with Crippen LogP contribution in [0.5, 0.6) is 0 Å². The van der Waals surface area contributed by atoms with Crippen molar-refractivity contribution < 1.29 is 8.78 Å². The Labute approximate surface area is 107 Å². The molecule has 0 radical (unpaired) electrons. The first-order valence-electron chi connectivity index (χ1n) is 5.76. The Balaban J connectivity index is 2.15. The summed E-state index contributed by atoms with van der Waals surface area (Å²) >= 11 is 0. The van der Waals surface area contributed by atoms with E-state index in [1.54, 1.807) is 18.2 Å². The minimum atomic E-state index is -0.479. The number of imidazole rings is 1. The van der Waals surface area contributed by atoms with Crippen molar-refractivity contribution in [3.8, 4) is 0 Å². The van der Waals surface area contributed by atoms with Crippen LogP contribution in [0.2, 0.25) is 0 Å². The smallest absolute Gasteiger partial charge is 0.305 e. The first-order valence-corrected chi connectivity index (χ1v) is 5.76. The molecule has 3 nitrogen and oxygen atoms in total. The van der Waals surface area contributed by atoms with Gasteiger partial charge in [-0.2, -0.15) is 0 Å². The van der Waals surface area contributed by atoms with Crippen LogP contribution in [0.1, 0.15) is 5.56 Å². The van der Waals surface area contributed by atoms with E-state index in [4.69, 9.17) is 0 Å². The number of para-hydroxylation sites is 1. The molecule has 0 atom stereocenters. The predicted octanol–water partition coefficient (Wildman–Crippen LogP) is 2.66. The van der Waals surface area contributed by atoms with Crippen LogP contribution in [0.15, 0.2) is 47.3 Å². The summed E-state index contributed by atoms with van der Waals surface area (Å²) in [5.41, 5.74) is 0.828. The Hall–Kier alpha value is -2.43. The second kappa shape index (κ2) is 4.35. The van der Waals surface area contributed by atoms with Gasteiger partial charge in [-0.25, -0.2) is 13.6 Å². The molecule has 0 unspecified atom stereocenters. The fourth-order valence-corrected chi connectivity index (χ4v) is 2.14. The summed E-state index contributed by atoms with van der Waals surface area (Å²) in [6.45, 7) is 0.123. The fraction of sp³-hybridized carbons (Fsp3) is 0.0714. The number of H-pyrrole nitrogens is 1. The normalized spacial score (nSPS) is 11.1. The quantitative estimate of drug-likeness (QED) is 0.755. The van der Waals surface area contributed by atoms with Crippen LogP contribution in [0.3, 0.4) is 0 Å². The minimum absolute atomic E-state index is 0.123. The number of benzene rings is 2. The summed E-state index contributed by atoms with van der Waals surface area (Å²) in [7, 11) is 0. The molecule has 1 N–H and O–H groups in total. The summed E-state index contributed by atoms with van der Waals surface area (Å²) < 4.78 is 28.2. The van der Waals surface area contributed by atoms with Crippen molar-refractivity contribution in [2.45, 2.75) is 6.54 Å². The van der Waals surface area contributed by atoms with Gasteiger partial charge in [-0.05, 0) is 29.8 Å². The van der Waals surface area contributed by atoms with Crippen molar-refractivity contribution in [3.63, 3.8) is 0 Å². The van der Waals surface area contributed by atoms with Crippen molar-refractivity contribution >= 4 is 11.0 Å². The zero-order valence-electron chi connectivity index (χ0n) is 9.86. The average Bonchev–Trinajstić information content (AvgIpc) is 2.67. The number of fused-ring (bicyclic) bond motifs is 1. The van der Waals surface area contributed by atoms with E-state index in [1.165, 1.54) is 28.8 Å². The van der Waals surface area contributed by atoms with Gasteiger partial charge < -0.3 is 4.98 Å².